The molecule has 3 rings (SSSR count). The second kappa shape index (κ2) is 7.64. The zero-order chi connectivity index (χ0) is 16.9. The van der Waals surface area contributed by atoms with Crippen LogP contribution < -0.4 is 0 Å². The standard InChI is InChI=1S/C11H9F3O2.C6H5Br/c12-11(13,14)10-8(6-9(15)16-10)7-4-2-1-3-5-7;7-6-4-2-1-3-5-6/h1-5,8,10H,6H2;1-5H. The highest BCUT2D eigenvalue weighted by atomic mass is 79.9. The predicted molar refractivity (Wildman–Crippen MR) is 83.9 cm³/mol. The molecule has 2 nitrogen and oxygen atoms in total. The highest BCUT2D eigenvalue weighted by molar-refractivity contribution is 9.10. The van der Waals surface area contributed by atoms with Gasteiger partial charge in [0, 0.05) is 10.4 Å². The molecule has 0 aliphatic carbocycles. The summed E-state index contributed by atoms with van der Waals surface area (Å²) in [6, 6.07) is 18.1. The zero-order valence-corrected chi connectivity index (χ0v) is 13.5. The molecule has 2 unspecified atom stereocenters. The molecule has 2 aromatic rings. The fourth-order valence-corrected chi connectivity index (χ4v) is 2.57. The molecule has 0 saturated carbocycles. The van der Waals surface area contributed by atoms with Crippen LogP contribution in [0.1, 0.15) is 17.9 Å². The van der Waals surface area contributed by atoms with Crippen molar-refractivity contribution in [3.05, 3.63) is 70.7 Å². The maximum Gasteiger partial charge on any atom is 0.426 e. The van der Waals surface area contributed by atoms with Crippen LogP contribution in [-0.2, 0) is 9.53 Å². The number of halogens is 4. The molecule has 0 bridgehead atoms. The largest absolute Gasteiger partial charge is 0.452 e. The summed E-state index contributed by atoms with van der Waals surface area (Å²) in [6.07, 6.45) is -6.73. The van der Waals surface area contributed by atoms with Gasteiger partial charge in [-0.05, 0) is 17.7 Å². The number of ether oxygens (including phenoxy) is 1. The van der Waals surface area contributed by atoms with E-state index in [4.69, 9.17) is 0 Å². The van der Waals surface area contributed by atoms with Gasteiger partial charge in [0.2, 0.25) is 6.10 Å². The van der Waals surface area contributed by atoms with Gasteiger partial charge < -0.3 is 4.74 Å². The van der Waals surface area contributed by atoms with Crippen molar-refractivity contribution in [2.24, 2.45) is 0 Å². The van der Waals surface area contributed by atoms with E-state index in [0.717, 1.165) is 4.47 Å². The van der Waals surface area contributed by atoms with Crippen LogP contribution in [-0.4, -0.2) is 18.2 Å². The Morgan fingerprint density at radius 1 is 0.957 bits per heavy atom. The molecule has 6 heteroatoms. The van der Waals surface area contributed by atoms with Crippen molar-refractivity contribution in [1.29, 1.82) is 0 Å². The summed E-state index contributed by atoms with van der Waals surface area (Å²) < 4.78 is 43.2. The number of alkyl halides is 3. The van der Waals surface area contributed by atoms with E-state index in [0.29, 0.717) is 5.56 Å². The lowest BCUT2D eigenvalue weighted by molar-refractivity contribution is -0.212. The first-order valence-corrected chi connectivity index (χ1v) is 7.69. The van der Waals surface area contributed by atoms with Gasteiger partial charge in [-0.25, -0.2) is 0 Å². The topological polar surface area (TPSA) is 26.3 Å². The highest BCUT2D eigenvalue weighted by Gasteiger charge is 2.52. The molecule has 1 aliphatic rings. The van der Waals surface area contributed by atoms with E-state index in [1.165, 1.54) is 0 Å². The first-order valence-electron chi connectivity index (χ1n) is 6.89. The van der Waals surface area contributed by atoms with Gasteiger partial charge in [0.15, 0.2) is 0 Å². The summed E-state index contributed by atoms with van der Waals surface area (Å²) in [5.41, 5.74) is 0.482. The minimum atomic E-state index is -4.51. The molecule has 23 heavy (non-hydrogen) atoms. The van der Waals surface area contributed by atoms with Gasteiger partial charge in [0.1, 0.15) is 0 Å². The maximum atomic E-state index is 12.6. The molecule has 1 fully saturated rings. The summed E-state index contributed by atoms with van der Waals surface area (Å²) >= 11 is 3.31. The summed E-state index contributed by atoms with van der Waals surface area (Å²) in [5.74, 6) is -1.72. The Balaban J connectivity index is 0.000000229. The van der Waals surface area contributed by atoms with Crippen LogP contribution in [0.3, 0.4) is 0 Å². The van der Waals surface area contributed by atoms with Gasteiger partial charge in [-0.3, -0.25) is 4.79 Å². The first-order chi connectivity index (χ1) is 10.9. The van der Waals surface area contributed by atoms with E-state index in [1.807, 2.05) is 30.3 Å². The molecule has 1 saturated heterocycles. The number of hydrogen-bond donors (Lipinski definition) is 0. The Hall–Kier alpha value is -1.82. The minimum absolute atomic E-state index is 0.214. The number of carbonyl (C=O) groups excluding carboxylic acids is 1. The van der Waals surface area contributed by atoms with E-state index in [2.05, 4.69) is 20.7 Å². The number of rotatable bonds is 1. The molecule has 1 heterocycles. The second-order valence-corrected chi connectivity index (χ2v) is 5.88. The number of cyclic esters (lactones) is 1. The summed E-state index contributed by atoms with van der Waals surface area (Å²) in [7, 11) is 0. The minimum Gasteiger partial charge on any atom is -0.452 e. The normalized spacial score (nSPS) is 20.4. The highest BCUT2D eigenvalue weighted by Crippen LogP contribution is 2.40. The molecule has 122 valence electrons. The maximum absolute atomic E-state index is 12.6. The van der Waals surface area contributed by atoms with Crippen molar-refractivity contribution < 1.29 is 22.7 Å². The average Bonchev–Trinajstić information content (AvgIpc) is 2.92. The number of esters is 1. The molecule has 0 amide bonds. The molecule has 0 radical (unpaired) electrons. The van der Waals surface area contributed by atoms with E-state index < -0.39 is 24.2 Å². The molecular formula is C17H14BrF3O2. The van der Waals surface area contributed by atoms with Crippen LogP contribution in [0.5, 0.6) is 0 Å². The van der Waals surface area contributed by atoms with E-state index in [-0.39, 0.29) is 6.42 Å². The monoisotopic (exact) mass is 386 g/mol. The van der Waals surface area contributed by atoms with E-state index in [9.17, 15) is 18.0 Å². The number of carbonyl (C=O) groups is 1. The molecular weight excluding hydrogens is 373 g/mol. The summed E-state index contributed by atoms with van der Waals surface area (Å²) in [6.45, 7) is 0. The third kappa shape index (κ3) is 5.10. The van der Waals surface area contributed by atoms with Crippen LogP contribution in [0.4, 0.5) is 13.2 Å². The lowest BCUT2D eigenvalue weighted by Crippen LogP contribution is -2.32. The molecule has 2 atom stereocenters. The van der Waals surface area contributed by atoms with Crippen molar-refractivity contribution in [3.8, 4) is 0 Å². The van der Waals surface area contributed by atoms with Gasteiger partial charge in [0.25, 0.3) is 0 Å². The Kier molecular flexibility index (Phi) is 5.82. The van der Waals surface area contributed by atoms with Crippen molar-refractivity contribution >= 4 is 21.9 Å². The lowest BCUT2D eigenvalue weighted by atomic mass is 9.92. The first kappa shape index (κ1) is 17.5. The van der Waals surface area contributed by atoms with E-state index in [1.54, 1.807) is 30.3 Å². The Labute approximate surface area is 140 Å². The van der Waals surface area contributed by atoms with Crippen LogP contribution in [0, 0.1) is 0 Å². The molecule has 2 aromatic carbocycles. The Morgan fingerprint density at radius 3 is 1.91 bits per heavy atom. The molecule has 0 spiro atoms. The molecule has 0 N–H and O–H groups in total. The lowest BCUT2D eigenvalue weighted by Gasteiger charge is -2.20. The Bertz CT molecular complexity index is 629. The number of benzene rings is 2. The van der Waals surface area contributed by atoms with Gasteiger partial charge in [-0.1, -0.05) is 64.5 Å². The van der Waals surface area contributed by atoms with Crippen molar-refractivity contribution in [2.75, 3.05) is 0 Å². The predicted octanol–water partition coefficient (Wildman–Crippen LogP) is 5.10. The second-order valence-electron chi connectivity index (χ2n) is 4.97. The zero-order valence-electron chi connectivity index (χ0n) is 12.0. The van der Waals surface area contributed by atoms with E-state index >= 15 is 0 Å². The summed E-state index contributed by atoms with van der Waals surface area (Å²) in [4.78, 5) is 11.0. The molecule has 0 aromatic heterocycles. The van der Waals surface area contributed by atoms with Crippen LogP contribution in [0.2, 0.25) is 0 Å². The van der Waals surface area contributed by atoms with Gasteiger partial charge >= 0.3 is 12.1 Å². The molecule has 1 aliphatic heterocycles. The third-order valence-electron chi connectivity index (χ3n) is 3.29. The van der Waals surface area contributed by atoms with Crippen molar-refractivity contribution in [3.63, 3.8) is 0 Å². The Morgan fingerprint density at radius 2 is 1.48 bits per heavy atom. The van der Waals surface area contributed by atoms with Crippen LogP contribution in [0.25, 0.3) is 0 Å². The SMILES string of the molecule is Brc1ccccc1.O=C1CC(c2ccccc2)C(C(F)(F)F)O1. The van der Waals surface area contributed by atoms with Crippen molar-refractivity contribution in [2.45, 2.75) is 24.6 Å². The van der Waals surface area contributed by atoms with Crippen LogP contribution >= 0.6 is 15.9 Å². The van der Waals surface area contributed by atoms with Gasteiger partial charge in [0.05, 0.1) is 6.42 Å². The third-order valence-corrected chi connectivity index (χ3v) is 3.82. The quantitative estimate of drug-likeness (QED) is 0.637. The smallest absolute Gasteiger partial charge is 0.426 e. The average molecular weight is 387 g/mol. The fourth-order valence-electron chi connectivity index (χ4n) is 2.26. The summed E-state index contributed by atoms with van der Waals surface area (Å²) in [5, 5.41) is 0. The van der Waals surface area contributed by atoms with Gasteiger partial charge in [-0.15, -0.1) is 0 Å². The van der Waals surface area contributed by atoms with Gasteiger partial charge in [-0.2, -0.15) is 13.2 Å². The van der Waals surface area contributed by atoms with Crippen molar-refractivity contribution in [1.82, 2.24) is 0 Å². The van der Waals surface area contributed by atoms with Crippen LogP contribution in [0.15, 0.2) is 65.1 Å². The fraction of sp³-hybridized carbons (Fsp3) is 0.235. The number of hydrogen-bond acceptors (Lipinski definition) is 2.